The Balaban J connectivity index is 1.08. The highest BCUT2D eigenvalue weighted by atomic mass is 32.2. The summed E-state index contributed by atoms with van der Waals surface area (Å²) in [6.07, 6.45) is 3.15. The monoisotopic (exact) mass is 652 g/mol. The maximum atomic E-state index is 15.6. The van der Waals surface area contributed by atoms with Gasteiger partial charge in [0.1, 0.15) is 27.3 Å². The second kappa shape index (κ2) is 13.5. The third kappa shape index (κ3) is 7.56. The Morgan fingerprint density at radius 3 is 2.13 bits per heavy atom. The summed E-state index contributed by atoms with van der Waals surface area (Å²) in [5.41, 5.74) is 3.50. The Labute approximate surface area is 267 Å². The Morgan fingerprint density at radius 1 is 0.935 bits per heavy atom. The number of fused-ring (bicyclic) bond motifs is 1. The summed E-state index contributed by atoms with van der Waals surface area (Å²) in [7, 11) is -2.96. The van der Waals surface area contributed by atoms with Crippen molar-refractivity contribution in [3.8, 4) is 28.3 Å². The number of benzene rings is 3. The zero-order chi connectivity index (χ0) is 32.4. The zero-order valence-corrected chi connectivity index (χ0v) is 26.5. The van der Waals surface area contributed by atoms with Crippen molar-refractivity contribution < 1.29 is 31.8 Å². The average molecular weight is 653 g/mol. The van der Waals surface area contributed by atoms with Crippen LogP contribution in [0.25, 0.3) is 33.3 Å². The zero-order valence-electron chi connectivity index (χ0n) is 25.7. The van der Waals surface area contributed by atoms with Crippen LogP contribution >= 0.6 is 0 Å². The fraction of sp³-hybridized carbons (Fsp3) is 0.412. The van der Waals surface area contributed by atoms with Gasteiger partial charge in [0, 0.05) is 51.6 Å². The van der Waals surface area contributed by atoms with E-state index >= 15 is 8.78 Å². The number of hydrogen-bond donors (Lipinski definition) is 2. The van der Waals surface area contributed by atoms with Gasteiger partial charge in [0.15, 0.2) is 5.82 Å². The lowest BCUT2D eigenvalue weighted by Gasteiger charge is -2.34. The minimum absolute atomic E-state index is 0.0133. The lowest BCUT2D eigenvalue weighted by Crippen LogP contribution is -2.47. The molecule has 9 nitrogen and oxygen atoms in total. The molecular formula is C34H38F2N4O5S. The largest absolute Gasteiger partial charge is 0.481 e. The molecule has 1 saturated heterocycles. The standard InChI is InChI=1S/C34H38F2N4O5S/c1-46(43,44)19-18-39-14-16-40(17-15-39)21-22-2-4-23(5-3-22)24-6-8-25(9-7-24)30-28(35)20-29-32(31(30)36)38-34(37-29)45-27-12-10-26(11-13-27)33(41)42/h2-9,20,26-27H,10-19,21H2,1H3,(H,37,38)(H,41,42). The molecule has 2 N–H and O–H groups in total. The molecule has 0 unspecified atom stereocenters. The van der Waals surface area contributed by atoms with E-state index in [9.17, 15) is 18.3 Å². The molecule has 46 heavy (non-hydrogen) atoms. The number of ether oxygens (including phenoxy) is 1. The number of halogens is 2. The number of nitrogens with one attached hydrogen (secondary N) is 1. The van der Waals surface area contributed by atoms with E-state index in [1.165, 1.54) is 17.9 Å². The van der Waals surface area contributed by atoms with Gasteiger partial charge in [0.2, 0.25) is 0 Å². The van der Waals surface area contributed by atoms with Crippen molar-refractivity contribution in [2.45, 2.75) is 38.3 Å². The van der Waals surface area contributed by atoms with Crippen molar-refractivity contribution >= 4 is 26.8 Å². The van der Waals surface area contributed by atoms with Crippen LogP contribution in [0.5, 0.6) is 6.01 Å². The number of H-pyrrole nitrogens is 1. The molecule has 2 aliphatic rings. The first-order valence-electron chi connectivity index (χ1n) is 15.6. The summed E-state index contributed by atoms with van der Waals surface area (Å²) in [6, 6.07) is 16.6. The molecule has 2 heterocycles. The summed E-state index contributed by atoms with van der Waals surface area (Å²) in [5.74, 6) is -2.48. The molecule has 1 aromatic heterocycles. The minimum Gasteiger partial charge on any atom is -0.481 e. The van der Waals surface area contributed by atoms with E-state index in [-0.39, 0.29) is 40.4 Å². The predicted molar refractivity (Wildman–Crippen MR) is 172 cm³/mol. The topological polar surface area (TPSA) is 116 Å². The van der Waals surface area contributed by atoms with Crippen LogP contribution in [0.4, 0.5) is 8.78 Å². The highest BCUT2D eigenvalue weighted by molar-refractivity contribution is 7.90. The van der Waals surface area contributed by atoms with Crippen LogP contribution in [0, 0.1) is 17.6 Å². The smallest absolute Gasteiger partial charge is 0.306 e. The van der Waals surface area contributed by atoms with E-state index in [1.54, 1.807) is 12.1 Å². The molecule has 0 radical (unpaired) electrons. The molecule has 0 spiro atoms. The number of carboxylic acids is 1. The number of sulfone groups is 1. The summed E-state index contributed by atoms with van der Waals surface area (Å²) in [5, 5.41) is 9.20. The summed E-state index contributed by atoms with van der Waals surface area (Å²) >= 11 is 0. The van der Waals surface area contributed by atoms with Crippen LogP contribution in [-0.2, 0) is 21.2 Å². The van der Waals surface area contributed by atoms with Crippen molar-refractivity contribution in [2.75, 3.05) is 44.7 Å². The summed E-state index contributed by atoms with van der Waals surface area (Å²) < 4.78 is 59.6. The van der Waals surface area contributed by atoms with Gasteiger partial charge in [-0.15, -0.1) is 0 Å². The normalized spacial score (nSPS) is 19.8. The second-order valence-corrected chi connectivity index (χ2v) is 14.7. The molecule has 1 aliphatic heterocycles. The summed E-state index contributed by atoms with van der Waals surface area (Å²) in [4.78, 5) is 22.9. The van der Waals surface area contributed by atoms with Crippen LogP contribution in [0.1, 0.15) is 31.2 Å². The number of rotatable bonds is 10. The van der Waals surface area contributed by atoms with Crippen molar-refractivity contribution in [3.63, 3.8) is 0 Å². The average Bonchev–Trinajstić information content (AvgIpc) is 3.44. The van der Waals surface area contributed by atoms with E-state index in [0.717, 1.165) is 43.9 Å². The van der Waals surface area contributed by atoms with Crippen LogP contribution in [-0.4, -0.2) is 90.1 Å². The number of carbonyl (C=O) groups is 1. The molecule has 1 aliphatic carbocycles. The number of imidazole rings is 1. The molecule has 0 atom stereocenters. The molecule has 244 valence electrons. The van der Waals surface area contributed by atoms with Gasteiger partial charge in [-0.05, 0) is 47.9 Å². The van der Waals surface area contributed by atoms with Crippen molar-refractivity contribution in [2.24, 2.45) is 5.92 Å². The molecular weight excluding hydrogens is 614 g/mol. The molecule has 3 aromatic carbocycles. The predicted octanol–water partition coefficient (Wildman–Crippen LogP) is 5.36. The molecule has 2 fully saturated rings. The number of nitrogens with zero attached hydrogens (tertiary/aromatic N) is 3. The maximum absolute atomic E-state index is 15.6. The lowest BCUT2D eigenvalue weighted by molar-refractivity contribution is -0.143. The number of piperazine rings is 1. The molecule has 0 bridgehead atoms. The molecule has 1 saturated carbocycles. The first kappa shape index (κ1) is 32.1. The quantitative estimate of drug-likeness (QED) is 0.235. The van der Waals surface area contributed by atoms with Crippen molar-refractivity contribution in [1.82, 2.24) is 19.8 Å². The summed E-state index contributed by atoms with van der Waals surface area (Å²) in [6.45, 7) is 4.85. The van der Waals surface area contributed by atoms with Gasteiger partial charge in [-0.3, -0.25) is 14.6 Å². The first-order chi connectivity index (χ1) is 22.0. The lowest BCUT2D eigenvalue weighted by atomic mass is 9.87. The SMILES string of the molecule is CS(=O)(=O)CCN1CCN(Cc2ccc(-c3ccc(-c4c(F)cc5[nH]c(OC6CCC(C(=O)O)CC6)nc5c4F)cc3)cc2)CC1. The van der Waals surface area contributed by atoms with Crippen molar-refractivity contribution in [1.29, 1.82) is 0 Å². The van der Waals surface area contributed by atoms with E-state index in [0.29, 0.717) is 37.8 Å². The highest BCUT2D eigenvalue weighted by Gasteiger charge is 2.28. The molecule has 12 heteroatoms. The van der Waals surface area contributed by atoms with E-state index in [1.807, 2.05) is 24.3 Å². The Bertz CT molecular complexity index is 1800. The Hall–Kier alpha value is -3.87. The molecule has 4 aromatic rings. The van der Waals surface area contributed by atoms with Gasteiger partial charge >= 0.3 is 5.97 Å². The van der Waals surface area contributed by atoms with Crippen LogP contribution in [0.15, 0.2) is 54.6 Å². The van der Waals surface area contributed by atoms with Crippen LogP contribution < -0.4 is 4.74 Å². The van der Waals surface area contributed by atoms with Gasteiger partial charge in [0.05, 0.1) is 22.8 Å². The van der Waals surface area contributed by atoms with E-state index < -0.39 is 27.4 Å². The maximum Gasteiger partial charge on any atom is 0.306 e. The number of aromatic amines is 1. The first-order valence-corrected chi connectivity index (χ1v) is 17.7. The van der Waals surface area contributed by atoms with Crippen molar-refractivity contribution in [3.05, 3.63) is 71.8 Å². The van der Waals surface area contributed by atoms with Crippen LogP contribution in [0.2, 0.25) is 0 Å². The number of hydrogen-bond acceptors (Lipinski definition) is 7. The van der Waals surface area contributed by atoms with Gasteiger partial charge < -0.3 is 14.8 Å². The second-order valence-electron chi connectivity index (χ2n) is 12.4. The fourth-order valence-corrected chi connectivity index (χ4v) is 6.91. The fourth-order valence-electron chi connectivity index (χ4n) is 6.32. The third-order valence-corrected chi connectivity index (χ3v) is 9.98. The van der Waals surface area contributed by atoms with Gasteiger partial charge in [-0.2, -0.15) is 4.98 Å². The van der Waals surface area contributed by atoms with Gasteiger partial charge in [0.25, 0.3) is 6.01 Å². The van der Waals surface area contributed by atoms with Crippen LogP contribution in [0.3, 0.4) is 0 Å². The van der Waals surface area contributed by atoms with Gasteiger partial charge in [-0.25, -0.2) is 17.2 Å². The highest BCUT2D eigenvalue weighted by Crippen LogP contribution is 2.34. The molecule has 6 rings (SSSR count). The molecule has 0 amide bonds. The number of carboxylic acid groups (broad SMARTS) is 1. The number of aliphatic carboxylic acids is 1. The van der Waals surface area contributed by atoms with E-state index in [2.05, 4.69) is 31.9 Å². The van der Waals surface area contributed by atoms with E-state index in [4.69, 9.17) is 4.74 Å². The third-order valence-electron chi connectivity index (χ3n) is 9.06. The number of aromatic nitrogens is 2. The minimum atomic E-state index is -2.96. The Kier molecular flexibility index (Phi) is 9.39. The Morgan fingerprint density at radius 2 is 1.52 bits per heavy atom. The van der Waals surface area contributed by atoms with Gasteiger partial charge in [-0.1, -0.05) is 48.5 Å².